The summed E-state index contributed by atoms with van der Waals surface area (Å²) in [6.07, 6.45) is 2.50. The Morgan fingerprint density at radius 1 is 1.30 bits per heavy atom. The van der Waals surface area contributed by atoms with E-state index in [0.29, 0.717) is 24.1 Å². The van der Waals surface area contributed by atoms with Crippen LogP contribution in [0, 0.1) is 5.92 Å². The monoisotopic (exact) mass is 279 g/mol. The molecule has 0 saturated carbocycles. The Hall–Kier alpha value is -2.05. The number of carboxylic acid groups (broad SMARTS) is 1. The predicted molar refractivity (Wildman–Crippen MR) is 70.2 cm³/mol. The van der Waals surface area contributed by atoms with Gasteiger partial charge in [0.2, 0.25) is 17.7 Å². The van der Waals surface area contributed by atoms with Crippen molar-refractivity contribution in [2.45, 2.75) is 31.3 Å². The Balaban J connectivity index is 1.95. The fourth-order valence-electron chi connectivity index (χ4n) is 3.28. The van der Waals surface area contributed by atoms with Gasteiger partial charge in [0.1, 0.15) is 0 Å². The second-order valence-corrected chi connectivity index (χ2v) is 5.14. The highest BCUT2D eigenvalue weighted by Crippen LogP contribution is 2.44. The molecule has 2 aliphatic rings. The van der Waals surface area contributed by atoms with Gasteiger partial charge < -0.3 is 19.5 Å². The Morgan fingerprint density at radius 3 is 2.45 bits per heavy atom. The third kappa shape index (κ3) is 1.93. The standard InChI is InChI=1S/C13H17N3O4/c1-19-10-6-11(20-2)15-13(14-10)16-7-3-4-9(16)8(5-7)12(17)18/h6-9H,3-5H2,1-2H3,(H,17,18). The van der Waals surface area contributed by atoms with Crippen molar-refractivity contribution in [2.75, 3.05) is 19.1 Å². The van der Waals surface area contributed by atoms with E-state index >= 15 is 0 Å². The molecule has 108 valence electrons. The lowest BCUT2D eigenvalue weighted by Crippen LogP contribution is -2.34. The SMILES string of the molecule is COc1cc(OC)nc(N2C3CCC2C(C(=O)O)C3)n1. The molecule has 2 saturated heterocycles. The largest absolute Gasteiger partial charge is 0.481 e. The molecule has 3 rings (SSSR count). The molecule has 2 aliphatic heterocycles. The minimum absolute atomic E-state index is 0.0330. The first-order valence-electron chi connectivity index (χ1n) is 6.62. The number of rotatable bonds is 4. The number of fused-ring (bicyclic) bond motifs is 2. The molecule has 3 atom stereocenters. The predicted octanol–water partition coefficient (Wildman–Crippen LogP) is 0.936. The molecule has 3 heterocycles. The second-order valence-electron chi connectivity index (χ2n) is 5.14. The van der Waals surface area contributed by atoms with Crippen LogP contribution < -0.4 is 14.4 Å². The van der Waals surface area contributed by atoms with Crippen LogP contribution in [-0.2, 0) is 4.79 Å². The average Bonchev–Trinajstić information content (AvgIpc) is 3.04. The van der Waals surface area contributed by atoms with Crippen LogP contribution in [0.25, 0.3) is 0 Å². The summed E-state index contributed by atoms with van der Waals surface area (Å²) >= 11 is 0. The van der Waals surface area contributed by atoms with Crippen LogP contribution in [0.5, 0.6) is 11.8 Å². The Bertz CT molecular complexity index is 514. The molecule has 1 aromatic heterocycles. The highest BCUT2D eigenvalue weighted by Gasteiger charge is 2.50. The van der Waals surface area contributed by atoms with Gasteiger partial charge in [-0.1, -0.05) is 0 Å². The third-order valence-corrected chi connectivity index (χ3v) is 4.17. The third-order valence-electron chi connectivity index (χ3n) is 4.17. The van der Waals surface area contributed by atoms with Gasteiger partial charge >= 0.3 is 5.97 Å². The van der Waals surface area contributed by atoms with E-state index < -0.39 is 5.97 Å². The van der Waals surface area contributed by atoms with Gasteiger partial charge in [-0.2, -0.15) is 9.97 Å². The maximum Gasteiger partial charge on any atom is 0.308 e. The Kier molecular flexibility index (Phi) is 3.11. The molecule has 7 nitrogen and oxygen atoms in total. The summed E-state index contributed by atoms with van der Waals surface area (Å²) in [5, 5.41) is 9.28. The molecule has 0 aromatic carbocycles. The van der Waals surface area contributed by atoms with Gasteiger partial charge in [-0.05, 0) is 19.3 Å². The van der Waals surface area contributed by atoms with Crippen LogP contribution >= 0.6 is 0 Å². The molecular weight excluding hydrogens is 262 g/mol. The van der Waals surface area contributed by atoms with Crippen molar-refractivity contribution in [3.05, 3.63) is 6.07 Å². The van der Waals surface area contributed by atoms with Crippen molar-refractivity contribution in [3.8, 4) is 11.8 Å². The van der Waals surface area contributed by atoms with Crippen LogP contribution in [-0.4, -0.2) is 47.3 Å². The molecular formula is C13H17N3O4. The van der Waals surface area contributed by atoms with E-state index in [1.54, 1.807) is 6.07 Å². The van der Waals surface area contributed by atoms with Crippen molar-refractivity contribution in [1.29, 1.82) is 0 Å². The van der Waals surface area contributed by atoms with Crippen LogP contribution in [0.1, 0.15) is 19.3 Å². The molecule has 3 unspecified atom stereocenters. The number of aromatic nitrogens is 2. The zero-order valence-electron chi connectivity index (χ0n) is 11.4. The number of anilines is 1. The van der Waals surface area contributed by atoms with Gasteiger partial charge in [0.05, 0.1) is 26.2 Å². The molecule has 2 fully saturated rings. The van der Waals surface area contributed by atoms with Gasteiger partial charge in [-0.15, -0.1) is 0 Å². The Labute approximate surface area is 116 Å². The van der Waals surface area contributed by atoms with Gasteiger partial charge in [-0.3, -0.25) is 4.79 Å². The van der Waals surface area contributed by atoms with E-state index in [-0.39, 0.29) is 18.0 Å². The molecule has 0 aliphatic carbocycles. The van der Waals surface area contributed by atoms with E-state index in [1.165, 1.54) is 14.2 Å². The van der Waals surface area contributed by atoms with Crippen molar-refractivity contribution in [1.82, 2.24) is 9.97 Å². The smallest absolute Gasteiger partial charge is 0.308 e. The van der Waals surface area contributed by atoms with Crippen molar-refractivity contribution >= 4 is 11.9 Å². The van der Waals surface area contributed by atoms with E-state index in [0.717, 1.165) is 12.8 Å². The maximum atomic E-state index is 11.3. The summed E-state index contributed by atoms with van der Waals surface area (Å²) in [5.41, 5.74) is 0. The lowest BCUT2D eigenvalue weighted by Gasteiger charge is -2.23. The van der Waals surface area contributed by atoms with Gasteiger partial charge in [0, 0.05) is 12.1 Å². The first kappa shape index (κ1) is 13.0. The lowest BCUT2D eigenvalue weighted by atomic mass is 9.89. The molecule has 2 bridgehead atoms. The van der Waals surface area contributed by atoms with Crippen molar-refractivity contribution in [3.63, 3.8) is 0 Å². The van der Waals surface area contributed by atoms with Gasteiger partial charge in [0.15, 0.2) is 0 Å². The van der Waals surface area contributed by atoms with Gasteiger partial charge in [-0.25, -0.2) is 0 Å². The molecule has 1 aromatic rings. The number of carbonyl (C=O) groups is 1. The number of ether oxygens (including phenoxy) is 2. The number of hydrogen-bond acceptors (Lipinski definition) is 6. The number of aliphatic carboxylic acids is 1. The fourth-order valence-corrected chi connectivity index (χ4v) is 3.28. The first-order valence-corrected chi connectivity index (χ1v) is 6.62. The zero-order chi connectivity index (χ0) is 14.3. The van der Waals surface area contributed by atoms with Crippen LogP contribution in [0.15, 0.2) is 6.07 Å². The van der Waals surface area contributed by atoms with Gasteiger partial charge in [0.25, 0.3) is 0 Å². The summed E-state index contributed by atoms with van der Waals surface area (Å²) in [5.74, 6) is 0.263. The second kappa shape index (κ2) is 4.81. The van der Waals surface area contributed by atoms with Crippen molar-refractivity contribution in [2.24, 2.45) is 5.92 Å². The van der Waals surface area contributed by atoms with Crippen molar-refractivity contribution < 1.29 is 19.4 Å². The minimum Gasteiger partial charge on any atom is -0.481 e. The van der Waals surface area contributed by atoms with E-state index in [9.17, 15) is 9.90 Å². The fraction of sp³-hybridized carbons (Fsp3) is 0.615. The lowest BCUT2D eigenvalue weighted by molar-refractivity contribution is -0.142. The van der Waals surface area contributed by atoms with E-state index in [2.05, 4.69) is 9.97 Å². The highest BCUT2D eigenvalue weighted by atomic mass is 16.5. The number of hydrogen-bond donors (Lipinski definition) is 1. The summed E-state index contributed by atoms with van der Waals surface area (Å²) < 4.78 is 10.3. The summed E-state index contributed by atoms with van der Waals surface area (Å²) in [6, 6.07) is 1.77. The quantitative estimate of drug-likeness (QED) is 0.877. The highest BCUT2D eigenvalue weighted by molar-refractivity contribution is 5.73. The molecule has 1 N–H and O–H groups in total. The number of carboxylic acids is 1. The maximum absolute atomic E-state index is 11.3. The first-order chi connectivity index (χ1) is 9.63. The molecule has 20 heavy (non-hydrogen) atoms. The van der Waals surface area contributed by atoms with Crippen LogP contribution in [0.2, 0.25) is 0 Å². The number of nitrogens with zero attached hydrogens (tertiary/aromatic N) is 3. The molecule has 0 radical (unpaired) electrons. The van der Waals surface area contributed by atoms with Crippen LogP contribution in [0.4, 0.5) is 5.95 Å². The summed E-state index contributed by atoms with van der Waals surface area (Å²) in [6.45, 7) is 0. The Morgan fingerprint density at radius 2 is 1.95 bits per heavy atom. The molecule has 7 heteroatoms. The molecule has 0 spiro atoms. The summed E-state index contributed by atoms with van der Waals surface area (Å²) in [4.78, 5) is 22.0. The minimum atomic E-state index is -0.739. The normalized spacial score (nSPS) is 27.7. The average molecular weight is 279 g/mol. The molecule has 0 amide bonds. The summed E-state index contributed by atoms with van der Waals surface area (Å²) in [7, 11) is 3.06. The topological polar surface area (TPSA) is 84.8 Å². The zero-order valence-corrected chi connectivity index (χ0v) is 11.4. The number of methoxy groups -OCH3 is 2. The van der Waals surface area contributed by atoms with Crippen LogP contribution in [0.3, 0.4) is 0 Å². The van der Waals surface area contributed by atoms with E-state index in [4.69, 9.17) is 9.47 Å². The van der Waals surface area contributed by atoms with E-state index in [1.807, 2.05) is 4.90 Å².